The van der Waals surface area contributed by atoms with Gasteiger partial charge in [0, 0.05) is 37.8 Å². The first-order chi connectivity index (χ1) is 16.9. The van der Waals surface area contributed by atoms with Crippen LogP contribution in [-0.4, -0.2) is 47.1 Å². The summed E-state index contributed by atoms with van der Waals surface area (Å²) in [6, 6.07) is 7.54. The Morgan fingerprint density at radius 2 is 1.81 bits per heavy atom. The van der Waals surface area contributed by atoms with E-state index in [0.29, 0.717) is 36.1 Å². The van der Waals surface area contributed by atoms with Gasteiger partial charge in [-0.3, -0.25) is 0 Å². The molecule has 1 aliphatic carbocycles. The number of anilines is 1. The number of pyridine rings is 2. The van der Waals surface area contributed by atoms with Crippen LogP contribution >= 0.6 is 12.4 Å². The van der Waals surface area contributed by atoms with Gasteiger partial charge in [0.25, 0.3) is 0 Å². The Hall–Kier alpha value is -3.01. The molecular weight excluding hydrogens is 495 g/mol. The second kappa shape index (κ2) is 10.9. The van der Waals surface area contributed by atoms with Crippen LogP contribution in [0.25, 0.3) is 10.9 Å². The second-order valence-electron chi connectivity index (χ2n) is 9.41. The molecule has 3 aromatic heterocycles. The number of nitrogens with one attached hydrogen (secondary N) is 1. The van der Waals surface area contributed by atoms with Crippen LogP contribution in [-0.2, 0) is 12.7 Å². The third-order valence-corrected chi connectivity index (χ3v) is 6.73. The number of aromatic nitrogens is 2. The Balaban J connectivity index is 0.00000304. The molecule has 11 heteroatoms. The van der Waals surface area contributed by atoms with E-state index in [0.717, 1.165) is 57.1 Å². The molecule has 0 aromatic carbocycles. The highest BCUT2D eigenvalue weighted by atomic mass is 35.5. The van der Waals surface area contributed by atoms with E-state index >= 15 is 0 Å². The SMILES string of the molecule is Cl.O=C(NCc1ccco1)N(CC1CC1)CC1CCN(c2nccc3nc(C(F)(F)F)ccc23)CC1. The molecule has 0 atom stereocenters. The number of piperidine rings is 1. The topological polar surface area (TPSA) is 74.5 Å². The molecule has 2 aliphatic rings. The molecule has 1 saturated heterocycles. The molecule has 7 nitrogen and oxygen atoms in total. The number of carbonyl (C=O) groups is 1. The summed E-state index contributed by atoms with van der Waals surface area (Å²) in [6.07, 6.45) is 2.70. The number of furan rings is 1. The lowest BCUT2D eigenvalue weighted by molar-refractivity contribution is -0.140. The van der Waals surface area contributed by atoms with Gasteiger partial charge in [0.15, 0.2) is 0 Å². The summed E-state index contributed by atoms with van der Waals surface area (Å²) in [6.45, 7) is 3.27. The minimum absolute atomic E-state index is 0. The first-order valence-corrected chi connectivity index (χ1v) is 12.0. The number of nitrogens with zero attached hydrogens (tertiary/aromatic N) is 4. The van der Waals surface area contributed by atoms with Crippen molar-refractivity contribution < 1.29 is 22.4 Å². The van der Waals surface area contributed by atoms with Gasteiger partial charge in [-0.25, -0.2) is 14.8 Å². The van der Waals surface area contributed by atoms with Crippen LogP contribution < -0.4 is 10.2 Å². The van der Waals surface area contributed by atoms with E-state index in [1.807, 2.05) is 11.0 Å². The largest absolute Gasteiger partial charge is 0.467 e. The van der Waals surface area contributed by atoms with Crippen molar-refractivity contribution in [3.63, 3.8) is 0 Å². The second-order valence-corrected chi connectivity index (χ2v) is 9.41. The summed E-state index contributed by atoms with van der Waals surface area (Å²) in [5.41, 5.74) is -0.613. The van der Waals surface area contributed by atoms with Crippen LogP contribution in [0, 0.1) is 11.8 Å². The molecule has 0 unspecified atom stereocenters. The molecule has 2 amide bonds. The molecule has 36 heavy (non-hydrogen) atoms. The van der Waals surface area contributed by atoms with E-state index in [-0.39, 0.29) is 24.0 Å². The monoisotopic (exact) mass is 523 g/mol. The highest BCUT2D eigenvalue weighted by Gasteiger charge is 2.33. The van der Waals surface area contributed by atoms with E-state index in [9.17, 15) is 18.0 Å². The average molecular weight is 524 g/mol. The van der Waals surface area contributed by atoms with Crippen molar-refractivity contribution in [2.24, 2.45) is 11.8 Å². The van der Waals surface area contributed by atoms with E-state index in [1.54, 1.807) is 12.3 Å². The number of carbonyl (C=O) groups excluding carboxylic acids is 1. The fourth-order valence-corrected chi connectivity index (χ4v) is 4.63. The van der Waals surface area contributed by atoms with Gasteiger partial charge in [-0.05, 0) is 67.9 Å². The molecule has 1 saturated carbocycles. The molecule has 1 N–H and O–H groups in total. The van der Waals surface area contributed by atoms with Crippen LogP contribution in [0.15, 0.2) is 47.2 Å². The quantitative estimate of drug-likeness (QED) is 0.442. The summed E-state index contributed by atoms with van der Waals surface area (Å²) in [5, 5.41) is 3.58. The fraction of sp³-hybridized carbons (Fsp3) is 0.480. The lowest BCUT2D eigenvalue weighted by Gasteiger charge is -2.36. The van der Waals surface area contributed by atoms with Gasteiger partial charge in [-0.15, -0.1) is 12.4 Å². The number of amides is 2. The van der Waals surface area contributed by atoms with Crippen LogP contribution in [0.4, 0.5) is 23.8 Å². The number of alkyl halides is 3. The minimum atomic E-state index is -4.48. The lowest BCUT2D eigenvalue weighted by atomic mass is 9.96. The van der Waals surface area contributed by atoms with E-state index in [2.05, 4.69) is 20.2 Å². The molecular formula is C25H29ClF3N5O2. The van der Waals surface area contributed by atoms with Gasteiger partial charge in [-0.1, -0.05) is 0 Å². The van der Waals surface area contributed by atoms with Crippen LogP contribution in [0.1, 0.15) is 37.1 Å². The Morgan fingerprint density at radius 1 is 1.08 bits per heavy atom. The van der Waals surface area contributed by atoms with Gasteiger partial charge in [-0.2, -0.15) is 13.2 Å². The summed E-state index contributed by atoms with van der Waals surface area (Å²) in [7, 11) is 0. The molecule has 3 aromatic rings. The zero-order valence-electron chi connectivity index (χ0n) is 19.7. The highest BCUT2D eigenvalue weighted by Crippen LogP contribution is 2.33. The van der Waals surface area contributed by atoms with Crippen LogP contribution in [0.3, 0.4) is 0 Å². The standard InChI is InChI=1S/C25H28F3N5O2.ClH/c26-25(27,28)22-6-5-20-21(31-22)7-10-29-23(20)32-11-8-18(9-12-32)16-33(15-17-3-4-17)24(34)30-14-19-2-1-13-35-19;/h1-2,5-7,10,13,17-18H,3-4,8-9,11-12,14-16H2,(H,30,34);1H. The predicted molar refractivity (Wildman–Crippen MR) is 132 cm³/mol. The van der Waals surface area contributed by atoms with Crippen molar-refractivity contribution in [3.05, 3.63) is 54.2 Å². The minimum Gasteiger partial charge on any atom is -0.467 e. The summed E-state index contributed by atoms with van der Waals surface area (Å²) in [4.78, 5) is 25.2. The van der Waals surface area contributed by atoms with E-state index in [4.69, 9.17) is 4.42 Å². The molecule has 2 fully saturated rings. The predicted octanol–water partition coefficient (Wildman–Crippen LogP) is 5.50. The average Bonchev–Trinajstić information content (AvgIpc) is 3.51. The number of hydrogen-bond donors (Lipinski definition) is 1. The Bertz CT molecular complexity index is 1160. The zero-order chi connectivity index (χ0) is 24.4. The summed E-state index contributed by atoms with van der Waals surface area (Å²) >= 11 is 0. The van der Waals surface area contributed by atoms with Gasteiger partial charge in [0.1, 0.15) is 17.3 Å². The smallest absolute Gasteiger partial charge is 0.433 e. The third-order valence-electron chi connectivity index (χ3n) is 6.73. The van der Waals surface area contributed by atoms with Gasteiger partial charge in [0.2, 0.25) is 0 Å². The molecule has 4 heterocycles. The van der Waals surface area contributed by atoms with Crippen molar-refractivity contribution in [3.8, 4) is 0 Å². The molecule has 5 rings (SSSR count). The number of hydrogen-bond acceptors (Lipinski definition) is 5. The Labute approximate surface area is 213 Å². The molecule has 1 aliphatic heterocycles. The van der Waals surface area contributed by atoms with Crippen molar-refractivity contribution in [1.82, 2.24) is 20.2 Å². The van der Waals surface area contributed by atoms with E-state index < -0.39 is 11.9 Å². The fourth-order valence-electron chi connectivity index (χ4n) is 4.63. The normalized spacial score (nSPS) is 16.6. The molecule has 0 bridgehead atoms. The molecule has 0 spiro atoms. The summed E-state index contributed by atoms with van der Waals surface area (Å²) < 4.78 is 44.5. The highest BCUT2D eigenvalue weighted by molar-refractivity contribution is 5.89. The number of fused-ring (bicyclic) bond motifs is 1. The first kappa shape index (κ1) is 26.1. The van der Waals surface area contributed by atoms with Crippen molar-refractivity contribution in [2.75, 3.05) is 31.1 Å². The lowest BCUT2D eigenvalue weighted by Crippen LogP contribution is -2.45. The van der Waals surface area contributed by atoms with Crippen LogP contribution in [0.5, 0.6) is 0 Å². The van der Waals surface area contributed by atoms with Gasteiger partial charge < -0.3 is 19.5 Å². The van der Waals surface area contributed by atoms with Crippen molar-refractivity contribution in [2.45, 2.75) is 38.4 Å². The zero-order valence-corrected chi connectivity index (χ0v) is 20.5. The number of rotatable bonds is 7. The summed E-state index contributed by atoms with van der Waals surface area (Å²) in [5.74, 6) is 2.31. The van der Waals surface area contributed by atoms with Gasteiger partial charge in [0.05, 0.1) is 18.3 Å². The first-order valence-electron chi connectivity index (χ1n) is 12.0. The maximum atomic E-state index is 13.1. The molecule has 0 radical (unpaired) electrons. The number of urea groups is 1. The van der Waals surface area contributed by atoms with Crippen LogP contribution in [0.2, 0.25) is 0 Å². The number of halogens is 4. The van der Waals surface area contributed by atoms with E-state index in [1.165, 1.54) is 18.3 Å². The molecule has 194 valence electrons. The Morgan fingerprint density at radius 3 is 2.44 bits per heavy atom. The van der Waals surface area contributed by atoms with Crippen molar-refractivity contribution in [1.29, 1.82) is 0 Å². The Kier molecular flexibility index (Phi) is 7.92. The maximum absolute atomic E-state index is 13.1. The third kappa shape index (κ3) is 6.21. The maximum Gasteiger partial charge on any atom is 0.433 e. The van der Waals surface area contributed by atoms with Gasteiger partial charge >= 0.3 is 12.2 Å². The van der Waals surface area contributed by atoms with Crippen molar-refractivity contribution >= 4 is 35.2 Å².